The average molecular weight is 803 g/mol. The van der Waals surface area contributed by atoms with Crippen LogP contribution in [0.15, 0.2) is 18.2 Å². The Hall–Kier alpha value is -3.75. The van der Waals surface area contributed by atoms with Gasteiger partial charge in [-0.25, -0.2) is 0 Å². The van der Waals surface area contributed by atoms with E-state index in [1.54, 1.807) is 27.7 Å². The van der Waals surface area contributed by atoms with Crippen LogP contribution in [0.5, 0.6) is 17.2 Å². The minimum absolute atomic E-state index is 0.00397. The van der Waals surface area contributed by atoms with Crippen molar-refractivity contribution in [1.29, 1.82) is 0 Å². The Morgan fingerprint density at radius 1 is 0.754 bits per heavy atom. The lowest BCUT2D eigenvalue weighted by atomic mass is 9.66. The van der Waals surface area contributed by atoms with E-state index in [9.17, 15) is 50.1 Å². The summed E-state index contributed by atoms with van der Waals surface area (Å²) in [5.41, 5.74) is -4.47. The van der Waals surface area contributed by atoms with Gasteiger partial charge in [-0.15, -0.1) is 0 Å². The van der Waals surface area contributed by atoms with Gasteiger partial charge >= 0.3 is 5.97 Å². The van der Waals surface area contributed by atoms with Crippen LogP contribution in [0.25, 0.3) is 0 Å². The van der Waals surface area contributed by atoms with Gasteiger partial charge in [0, 0.05) is 42.4 Å². The van der Waals surface area contributed by atoms with Gasteiger partial charge in [-0.2, -0.15) is 0 Å². The molecule has 2 aliphatic carbocycles. The van der Waals surface area contributed by atoms with Crippen molar-refractivity contribution in [2.75, 3.05) is 7.11 Å². The number of aliphatic hydroxyl groups is 4. The highest BCUT2D eigenvalue weighted by atomic mass is 16.7. The first kappa shape index (κ1) is 41.4. The molecule has 3 saturated heterocycles. The molecular formula is C40H50O17. The first-order valence-corrected chi connectivity index (χ1v) is 19.3. The van der Waals surface area contributed by atoms with Crippen LogP contribution in [0, 0.1) is 0 Å². The summed E-state index contributed by atoms with van der Waals surface area (Å²) in [7, 11) is 1.07. The number of methoxy groups -OCH3 is 1. The summed E-state index contributed by atoms with van der Waals surface area (Å²) in [5.74, 6) is -6.70. The van der Waals surface area contributed by atoms with E-state index in [1.165, 1.54) is 18.2 Å². The zero-order valence-electron chi connectivity index (χ0n) is 32.2. The van der Waals surface area contributed by atoms with Gasteiger partial charge in [0.15, 0.2) is 24.7 Å². The molecular weight excluding hydrogens is 752 g/mol. The number of carbonyl (C=O) groups is 3. The predicted molar refractivity (Wildman–Crippen MR) is 192 cm³/mol. The highest BCUT2D eigenvalue weighted by molar-refractivity contribution is 6.31. The molecule has 7 N–H and O–H groups in total. The van der Waals surface area contributed by atoms with Crippen LogP contribution in [-0.4, -0.2) is 134 Å². The van der Waals surface area contributed by atoms with Crippen LogP contribution < -0.4 is 0 Å². The summed E-state index contributed by atoms with van der Waals surface area (Å²) in [6.07, 6.45) is -10.3. The number of ketones is 2. The molecule has 17 heteroatoms. The molecule has 312 valence electrons. The zero-order chi connectivity index (χ0) is 41.2. The van der Waals surface area contributed by atoms with Gasteiger partial charge in [0.1, 0.15) is 35.4 Å². The molecule has 3 fully saturated rings. The lowest BCUT2D eigenvalue weighted by Gasteiger charge is -2.46. The van der Waals surface area contributed by atoms with Crippen molar-refractivity contribution < 1.29 is 83.3 Å². The summed E-state index contributed by atoms with van der Waals surface area (Å²) in [6, 6.07) is 3.83. The molecule has 14 atom stereocenters. The third kappa shape index (κ3) is 7.21. The molecule has 3 heterocycles. The normalized spacial score (nSPS) is 37.9. The molecule has 17 nitrogen and oxygen atoms in total. The molecule has 0 spiro atoms. The smallest absolute Gasteiger partial charge is 0.316 e. The Labute approximate surface area is 328 Å². The molecule has 0 aromatic heterocycles. The summed E-state index contributed by atoms with van der Waals surface area (Å²) >= 11 is 0. The van der Waals surface area contributed by atoms with E-state index in [0.29, 0.717) is 12.8 Å². The molecule has 3 aliphatic heterocycles. The van der Waals surface area contributed by atoms with Crippen molar-refractivity contribution in [2.24, 2.45) is 0 Å². The second-order valence-electron chi connectivity index (χ2n) is 15.6. The van der Waals surface area contributed by atoms with Crippen molar-refractivity contribution in [2.45, 2.75) is 152 Å². The number of fused-ring (bicyclic) bond motifs is 3. The maximum Gasteiger partial charge on any atom is 0.316 e. The van der Waals surface area contributed by atoms with Gasteiger partial charge in [-0.05, 0) is 39.7 Å². The number of hydrogen-bond donors (Lipinski definition) is 7. The number of aromatic hydroxyl groups is 3. The van der Waals surface area contributed by atoms with Crippen LogP contribution >= 0.6 is 0 Å². The van der Waals surface area contributed by atoms with Crippen LogP contribution in [0.2, 0.25) is 0 Å². The summed E-state index contributed by atoms with van der Waals surface area (Å²) in [6.45, 7) is 6.66. The highest BCUT2D eigenvalue weighted by Crippen LogP contribution is 2.57. The quantitative estimate of drug-likeness (QED) is 0.127. The molecule has 0 bridgehead atoms. The monoisotopic (exact) mass is 802 g/mol. The topological polar surface area (TPSA) is 257 Å². The Balaban J connectivity index is 1.12. The first-order valence-electron chi connectivity index (χ1n) is 19.3. The van der Waals surface area contributed by atoms with Crippen molar-refractivity contribution in [1.82, 2.24) is 0 Å². The van der Waals surface area contributed by atoms with Crippen molar-refractivity contribution in [3.05, 3.63) is 51.6 Å². The van der Waals surface area contributed by atoms with Gasteiger partial charge in [0.2, 0.25) is 5.78 Å². The zero-order valence-corrected chi connectivity index (χ0v) is 32.2. The standard InChI is InChI=1S/C40H50O17/c1-6-40(50)14-23(28-29(32(40)39(49)51-5)36(48)31-30(35(28)47)33(45)18-8-7-9-20(42)27(18)34(31)46)55-25-12-21(43)38(17(4)53-25)57-26-13-22(44)37(16(3)54-26)56-24-11-10-19(41)15(2)52-24/h7-9,15-17,19,21-26,32,37-38,41-44,47-48,50H,6,10-14H2,1-5H3. The lowest BCUT2D eigenvalue weighted by molar-refractivity contribution is -0.333. The fraction of sp³-hybridized carbons (Fsp3) is 0.625. The summed E-state index contributed by atoms with van der Waals surface area (Å²) in [5, 5.41) is 78.6. The molecule has 57 heavy (non-hydrogen) atoms. The van der Waals surface area contributed by atoms with Gasteiger partial charge in [-0.3, -0.25) is 14.4 Å². The average Bonchev–Trinajstić information content (AvgIpc) is 3.15. The Kier molecular flexibility index (Phi) is 11.5. The fourth-order valence-electron chi connectivity index (χ4n) is 8.96. The van der Waals surface area contributed by atoms with E-state index in [1.807, 2.05) is 0 Å². The van der Waals surface area contributed by atoms with Crippen molar-refractivity contribution in [3.8, 4) is 17.2 Å². The Bertz CT molecular complexity index is 1880. The number of rotatable bonds is 8. The number of hydrogen-bond acceptors (Lipinski definition) is 17. The minimum Gasteiger partial charge on any atom is -0.507 e. The number of phenolic OH excluding ortho intramolecular Hbond substituents is 3. The molecule has 2 aromatic rings. The summed E-state index contributed by atoms with van der Waals surface area (Å²) in [4.78, 5) is 41.0. The fourth-order valence-corrected chi connectivity index (χ4v) is 8.96. The van der Waals surface area contributed by atoms with Gasteiger partial charge in [0.25, 0.3) is 0 Å². The van der Waals surface area contributed by atoms with Crippen LogP contribution in [0.1, 0.15) is 121 Å². The number of aliphatic hydroxyl groups excluding tert-OH is 3. The van der Waals surface area contributed by atoms with E-state index in [4.69, 9.17) is 33.2 Å². The third-order valence-electron chi connectivity index (χ3n) is 12.1. The highest BCUT2D eigenvalue weighted by Gasteiger charge is 2.55. The Morgan fingerprint density at radius 3 is 1.89 bits per heavy atom. The largest absolute Gasteiger partial charge is 0.507 e. The maximum atomic E-state index is 13.8. The number of carbonyl (C=O) groups excluding carboxylic acids is 3. The SMILES string of the molecule is CCC1(O)CC(OC2CC(O)C(OC3CC(O)C(OC4CCC(O)C(C)O4)C(C)O3)C(C)O2)c2c(O)c3c(c(O)c2C1C(=O)OC)C(=O)c1c(O)cccc1C3=O. The molecule has 5 aliphatic rings. The van der Waals surface area contributed by atoms with Crippen LogP contribution in [0.4, 0.5) is 0 Å². The number of phenols is 3. The van der Waals surface area contributed by atoms with Crippen molar-refractivity contribution >= 4 is 17.5 Å². The molecule has 7 rings (SSSR count). The molecule has 0 amide bonds. The van der Waals surface area contributed by atoms with Crippen LogP contribution in [0.3, 0.4) is 0 Å². The van der Waals surface area contributed by atoms with Crippen molar-refractivity contribution in [3.63, 3.8) is 0 Å². The predicted octanol–water partition coefficient (Wildman–Crippen LogP) is 2.09. The van der Waals surface area contributed by atoms with E-state index in [2.05, 4.69) is 0 Å². The maximum absolute atomic E-state index is 13.8. The second kappa shape index (κ2) is 15.8. The molecule has 0 radical (unpaired) electrons. The van der Waals surface area contributed by atoms with E-state index in [0.717, 1.165) is 7.11 Å². The first-order chi connectivity index (χ1) is 27.0. The van der Waals surface area contributed by atoms with E-state index >= 15 is 0 Å². The number of benzene rings is 2. The van der Waals surface area contributed by atoms with Gasteiger partial charge in [-0.1, -0.05) is 19.1 Å². The summed E-state index contributed by atoms with van der Waals surface area (Å²) < 4.78 is 41.4. The second-order valence-corrected chi connectivity index (χ2v) is 15.6. The molecule has 14 unspecified atom stereocenters. The number of ether oxygens (including phenoxy) is 7. The van der Waals surface area contributed by atoms with Gasteiger partial charge in [0.05, 0.1) is 72.1 Å². The molecule has 2 aromatic carbocycles. The van der Waals surface area contributed by atoms with E-state index < -0.39 is 142 Å². The third-order valence-corrected chi connectivity index (χ3v) is 12.1. The lowest BCUT2D eigenvalue weighted by Crippen LogP contribution is -2.55. The van der Waals surface area contributed by atoms with Crippen LogP contribution in [-0.2, 0) is 38.0 Å². The Morgan fingerprint density at radius 2 is 1.32 bits per heavy atom. The minimum atomic E-state index is -1.98. The molecule has 0 saturated carbocycles. The van der Waals surface area contributed by atoms with Gasteiger partial charge < -0.3 is 68.9 Å². The van der Waals surface area contributed by atoms with E-state index in [-0.39, 0.29) is 36.8 Å². The number of esters is 1.